The number of hydrazone groups is 1. The lowest BCUT2D eigenvalue weighted by atomic mass is 10.0. The maximum Gasteiger partial charge on any atom is 0.226 e. The third-order valence-corrected chi connectivity index (χ3v) is 7.58. The van der Waals surface area contributed by atoms with E-state index in [1.54, 1.807) is 31.7 Å². The van der Waals surface area contributed by atoms with E-state index < -0.39 is 0 Å². The molecule has 11 heteroatoms. The first-order chi connectivity index (χ1) is 18.9. The summed E-state index contributed by atoms with van der Waals surface area (Å²) in [6.45, 7) is 5.77. The lowest BCUT2D eigenvalue weighted by Crippen LogP contribution is -2.22. The summed E-state index contributed by atoms with van der Waals surface area (Å²) in [5, 5.41) is 7.48. The molecule has 0 atom stereocenters. The average Bonchev–Trinajstić information content (AvgIpc) is 3.60. The zero-order valence-electron chi connectivity index (χ0n) is 21.4. The van der Waals surface area contributed by atoms with Gasteiger partial charge in [0.2, 0.25) is 5.91 Å². The molecule has 1 aliphatic heterocycles. The Kier molecular flexibility index (Phi) is 6.20. The van der Waals surface area contributed by atoms with Gasteiger partial charge in [-0.15, -0.1) is 11.3 Å². The van der Waals surface area contributed by atoms with Gasteiger partial charge in [0.1, 0.15) is 11.2 Å². The van der Waals surface area contributed by atoms with Crippen molar-refractivity contribution in [2.45, 2.75) is 27.3 Å². The number of Topliss-reactive ketones (excluding diaryl/α,β-unsaturated/α-hetero) is 1. The van der Waals surface area contributed by atoms with Gasteiger partial charge in [0, 0.05) is 51.6 Å². The predicted octanol–water partition coefficient (Wildman–Crippen LogP) is 4.80. The maximum absolute atomic E-state index is 12.2. The van der Waals surface area contributed by atoms with Crippen LogP contribution in [0.3, 0.4) is 0 Å². The maximum atomic E-state index is 12.2. The van der Waals surface area contributed by atoms with Crippen LogP contribution in [0.15, 0.2) is 60.4 Å². The normalized spacial score (nSPS) is 12.7. The van der Waals surface area contributed by atoms with Crippen molar-refractivity contribution >= 4 is 45.5 Å². The minimum absolute atomic E-state index is 0.0285. The minimum Gasteiger partial charge on any atom is -0.335 e. The average molecular weight is 537 g/mol. The van der Waals surface area contributed by atoms with E-state index >= 15 is 0 Å². The Balaban J connectivity index is 1.38. The van der Waals surface area contributed by atoms with Crippen molar-refractivity contribution in [2.75, 3.05) is 5.32 Å². The number of rotatable bonds is 6. The predicted molar refractivity (Wildman–Crippen MR) is 151 cm³/mol. The lowest BCUT2D eigenvalue weighted by molar-refractivity contribution is -0.118. The molecule has 0 spiro atoms. The molecule has 0 saturated heterocycles. The number of H-pyrrole nitrogens is 1. The van der Waals surface area contributed by atoms with Crippen LogP contribution >= 0.6 is 11.3 Å². The summed E-state index contributed by atoms with van der Waals surface area (Å²) in [6, 6.07) is 7.57. The Bertz CT molecular complexity index is 1790. The third kappa shape index (κ3) is 4.68. The van der Waals surface area contributed by atoms with Crippen molar-refractivity contribution in [2.24, 2.45) is 11.0 Å². The first-order valence-electron chi connectivity index (χ1n) is 12.4. The molecule has 0 saturated carbocycles. The van der Waals surface area contributed by atoms with Gasteiger partial charge in [0.15, 0.2) is 11.6 Å². The molecule has 5 aromatic rings. The van der Waals surface area contributed by atoms with Crippen molar-refractivity contribution < 1.29 is 9.59 Å². The smallest absolute Gasteiger partial charge is 0.226 e. The molecule has 39 heavy (non-hydrogen) atoms. The zero-order valence-corrected chi connectivity index (χ0v) is 22.3. The van der Waals surface area contributed by atoms with E-state index in [9.17, 15) is 9.59 Å². The van der Waals surface area contributed by atoms with E-state index in [-0.39, 0.29) is 17.6 Å². The van der Waals surface area contributed by atoms with Crippen LogP contribution in [0, 0.1) is 5.92 Å². The second kappa shape index (κ2) is 9.84. The number of fused-ring (bicyclic) bond motifs is 2. The molecule has 6 rings (SSSR count). The number of hydrogen-bond donors (Lipinski definition) is 3. The van der Waals surface area contributed by atoms with Crippen LogP contribution < -0.4 is 10.7 Å². The Morgan fingerprint density at radius 3 is 2.67 bits per heavy atom. The van der Waals surface area contributed by atoms with Crippen LogP contribution in [0.25, 0.3) is 32.7 Å². The first kappa shape index (κ1) is 24.6. The molecule has 0 aromatic carbocycles. The molecule has 0 fully saturated rings. The Morgan fingerprint density at radius 1 is 1.03 bits per heavy atom. The summed E-state index contributed by atoms with van der Waals surface area (Å²) < 4.78 is 0. The second-order valence-corrected chi connectivity index (χ2v) is 10.6. The third-order valence-electron chi connectivity index (χ3n) is 6.36. The van der Waals surface area contributed by atoms with Gasteiger partial charge in [-0.2, -0.15) is 5.10 Å². The summed E-state index contributed by atoms with van der Waals surface area (Å²) in [6.07, 6.45) is 8.64. The second-order valence-electron chi connectivity index (χ2n) is 9.52. The molecule has 1 aliphatic rings. The fraction of sp³-hybridized carbons (Fsp3) is 0.179. The molecule has 194 valence electrons. The van der Waals surface area contributed by atoms with Crippen LogP contribution in [0.5, 0.6) is 0 Å². The molecule has 3 N–H and O–H groups in total. The number of hydrogen-bond acceptors (Lipinski definition) is 9. The van der Waals surface area contributed by atoms with Crippen molar-refractivity contribution in [3.05, 3.63) is 77.1 Å². The topological polar surface area (TPSA) is 138 Å². The highest BCUT2D eigenvalue weighted by atomic mass is 32.1. The summed E-state index contributed by atoms with van der Waals surface area (Å²) in [5.74, 6) is 0.397. The number of anilines is 1. The number of nitrogens with one attached hydrogen (secondary N) is 3. The SMILES string of the molecule is CC(=O)c1ccc(-c2cncc3[nH]c(C4=NNCc5cnc(-c6cncc(NC(=O)C(C)C)c6)cc54)nc23)s1. The van der Waals surface area contributed by atoms with Crippen LogP contribution in [-0.2, 0) is 11.3 Å². The highest BCUT2D eigenvalue weighted by Crippen LogP contribution is 2.33. The van der Waals surface area contributed by atoms with Crippen LogP contribution in [0.4, 0.5) is 5.69 Å². The highest BCUT2D eigenvalue weighted by Gasteiger charge is 2.22. The van der Waals surface area contributed by atoms with Crippen molar-refractivity contribution in [3.8, 4) is 21.7 Å². The van der Waals surface area contributed by atoms with Crippen LogP contribution in [-0.4, -0.2) is 42.3 Å². The summed E-state index contributed by atoms with van der Waals surface area (Å²) in [7, 11) is 0. The number of thiophene rings is 1. The highest BCUT2D eigenvalue weighted by molar-refractivity contribution is 7.17. The van der Waals surface area contributed by atoms with Gasteiger partial charge in [-0.25, -0.2) is 4.98 Å². The number of aromatic amines is 1. The number of nitrogens with zero attached hydrogens (tertiary/aromatic N) is 5. The van der Waals surface area contributed by atoms with Crippen LogP contribution in [0.2, 0.25) is 0 Å². The zero-order chi connectivity index (χ0) is 27.1. The molecule has 0 radical (unpaired) electrons. The van der Waals surface area contributed by atoms with Crippen molar-refractivity contribution in [1.82, 2.24) is 30.3 Å². The summed E-state index contributed by atoms with van der Waals surface area (Å²) >= 11 is 1.42. The van der Waals surface area contributed by atoms with Gasteiger partial charge in [-0.05, 0) is 31.2 Å². The lowest BCUT2D eigenvalue weighted by Gasteiger charge is -2.17. The van der Waals surface area contributed by atoms with E-state index in [1.165, 1.54) is 11.3 Å². The fourth-order valence-electron chi connectivity index (χ4n) is 4.28. The largest absolute Gasteiger partial charge is 0.335 e. The van der Waals surface area contributed by atoms with Gasteiger partial charge in [-0.3, -0.25) is 24.5 Å². The summed E-state index contributed by atoms with van der Waals surface area (Å²) in [4.78, 5) is 47.2. The van der Waals surface area contributed by atoms with E-state index in [0.29, 0.717) is 34.3 Å². The Morgan fingerprint density at radius 2 is 1.87 bits per heavy atom. The quantitative estimate of drug-likeness (QED) is 0.265. The molecule has 10 nitrogen and oxygen atoms in total. The molecule has 0 bridgehead atoms. The molecule has 0 unspecified atom stereocenters. The van der Waals surface area contributed by atoms with Gasteiger partial charge in [0.25, 0.3) is 0 Å². The van der Waals surface area contributed by atoms with E-state index in [4.69, 9.17) is 4.98 Å². The molecule has 0 aliphatic carbocycles. The fourth-order valence-corrected chi connectivity index (χ4v) is 5.19. The van der Waals surface area contributed by atoms with Gasteiger partial charge in [0.05, 0.1) is 40.7 Å². The Hall–Kier alpha value is -4.77. The summed E-state index contributed by atoms with van der Waals surface area (Å²) in [5.41, 5.74) is 10.0. The van der Waals surface area contributed by atoms with Crippen molar-refractivity contribution in [1.29, 1.82) is 0 Å². The Labute approximate surface area is 227 Å². The van der Waals surface area contributed by atoms with E-state index in [1.807, 2.05) is 44.3 Å². The molecular formula is C28H24N8O2S. The first-order valence-corrected chi connectivity index (χ1v) is 13.2. The minimum atomic E-state index is -0.141. The number of ketones is 1. The van der Waals surface area contributed by atoms with E-state index in [2.05, 4.69) is 35.8 Å². The molecule has 5 aromatic heterocycles. The van der Waals surface area contributed by atoms with Gasteiger partial charge >= 0.3 is 0 Å². The standard InChI is InChI=1S/C28H24N8O2S/c1-14(2)28(38)33-18-6-16(8-29-11-18)21-7-19-17(9-31-21)10-32-36-26(19)27-34-22-13-30-12-20(25(22)35-27)24-5-4-23(39-24)15(3)37/h4-9,11-14,32H,10H2,1-3H3,(H,33,38)(H,34,35). The number of aromatic nitrogens is 5. The number of carbonyl (C=O) groups excluding carboxylic acids is 2. The molecule has 6 heterocycles. The van der Waals surface area contributed by atoms with E-state index in [0.717, 1.165) is 38.2 Å². The number of imidazole rings is 1. The monoisotopic (exact) mass is 536 g/mol. The molecular weight excluding hydrogens is 512 g/mol. The van der Waals surface area contributed by atoms with Crippen LogP contribution in [0.1, 0.15) is 47.4 Å². The van der Waals surface area contributed by atoms with Crippen molar-refractivity contribution in [3.63, 3.8) is 0 Å². The van der Waals surface area contributed by atoms with Gasteiger partial charge < -0.3 is 15.7 Å². The van der Waals surface area contributed by atoms with Gasteiger partial charge in [-0.1, -0.05) is 13.8 Å². The number of pyridine rings is 3. The number of carbonyl (C=O) groups is 2. The number of amides is 1. The molecule has 1 amide bonds.